The third-order valence-electron chi connectivity index (χ3n) is 3.56. The molecular weight excluding hydrogens is 334 g/mol. The number of rotatable bonds is 8. The molecule has 7 nitrogen and oxygen atoms in total. The van der Waals surface area contributed by atoms with Gasteiger partial charge in [-0.3, -0.25) is 14.5 Å². The van der Waals surface area contributed by atoms with Gasteiger partial charge in [0, 0.05) is 12.1 Å². The van der Waals surface area contributed by atoms with Crippen molar-refractivity contribution in [2.24, 2.45) is 0 Å². The number of likely N-dealkylation sites (N-methyl/N-ethyl adjacent to an activating group) is 1. The fraction of sp³-hybridized carbons (Fsp3) is 0.526. The van der Waals surface area contributed by atoms with Crippen LogP contribution in [0.25, 0.3) is 0 Å². The fourth-order valence-corrected chi connectivity index (χ4v) is 2.28. The molecule has 2 amide bonds. The van der Waals surface area contributed by atoms with Crippen molar-refractivity contribution in [2.75, 3.05) is 26.7 Å². The monoisotopic (exact) mass is 363 g/mol. The maximum atomic E-state index is 12.1. The molecule has 0 unspecified atom stereocenters. The van der Waals surface area contributed by atoms with Crippen molar-refractivity contribution in [3.05, 3.63) is 35.4 Å². The smallest absolute Gasteiger partial charge is 0.337 e. The minimum absolute atomic E-state index is 0.106. The van der Waals surface area contributed by atoms with Gasteiger partial charge in [0.2, 0.25) is 11.8 Å². The number of hydrogen-bond acceptors (Lipinski definition) is 5. The molecule has 0 atom stereocenters. The van der Waals surface area contributed by atoms with Gasteiger partial charge in [-0.25, -0.2) is 4.79 Å². The number of amides is 2. The van der Waals surface area contributed by atoms with Gasteiger partial charge in [0.05, 0.1) is 25.8 Å². The lowest BCUT2D eigenvalue weighted by Gasteiger charge is -2.24. The van der Waals surface area contributed by atoms with Crippen LogP contribution in [0.2, 0.25) is 0 Å². The maximum absolute atomic E-state index is 12.1. The van der Waals surface area contributed by atoms with Gasteiger partial charge in [-0.1, -0.05) is 19.1 Å². The van der Waals surface area contributed by atoms with Crippen LogP contribution in [0.3, 0.4) is 0 Å². The molecule has 1 rings (SSSR count). The van der Waals surface area contributed by atoms with Gasteiger partial charge >= 0.3 is 5.97 Å². The van der Waals surface area contributed by atoms with Gasteiger partial charge in [0.1, 0.15) is 0 Å². The van der Waals surface area contributed by atoms with Crippen LogP contribution in [-0.2, 0) is 20.9 Å². The number of esters is 1. The van der Waals surface area contributed by atoms with Gasteiger partial charge in [-0.05, 0) is 45.0 Å². The molecule has 0 bridgehead atoms. The highest BCUT2D eigenvalue weighted by Crippen LogP contribution is 2.05. The molecule has 0 aliphatic carbocycles. The Balaban J connectivity index is 2.46. The van der Waals surface area contributed by atoms with Crippen LogP contribution in [-0.4, -0.2) is 55.0 Å². The highest BCUT2D eigenvalue weighted by Gasteiger charge is 2.17. The highest BCUT2D eigenvalue weighted by molar-refractivity contribution is 5.89. The fourth-order valence-electron chi connectivity index (χ4n) is 2.28. The second-order valence-electron chi connectivity index (χ2n) is 7.07. The first-order valence-corrected chi connectivity index (χ1v) is 8.62. The topological polar surface area (TPSA) is 87.7 Å². The summed E-state index contributed by atoms with van der Waals surface area (Å²) >= 11 is 0. The Hall–Kier alpha value is -2.41. The first-order valence-electron chi connectivity index (χ1n) is 8.62. The Kier molecular flexibility index (Phi) is 8.25. The van der Waals surface area contributed by atoms with E-state index in [1.807, 2.05) is 27.7 Å². The largest absolute Gasteiger partial charge is 0.465 e. The lowest BCUT2D eigenvalue weighted by molar-refractivity contribution is -0.125. The predicted molar refractivity (Wildman–Crippen MR) is 99.6 cm³/mol. The van der Waals surface area contributed by atoms with Crippen LogP contribution in [0.1, 0.15) is 43.6 Å². The Morgan fingerprint density at radius 1 is 1.04 bits per heavy atom. The van der Waals surface area contributed by atoms with Crippen LogP contribution in [0.5, 0.6) is 0 Å². The lowest BCUT2D eigenvalue weighted by atomic mass is 10.1. The van der Waals surface area contributed by atoms with Crippen LogP contribution in [0, 0.1) is 0 Å². The third kappa shape index (κ3) is 8.11. The van der Waals surface area contributed by atoms with E-state index in [1.54, 1.807) is 29.2 Å². The highest BCUT2D eigenvalue weighted by atomic mass is 16.5. The molecule has 0 fully saturated rings. The molecule has 1 aromatic rings. The summed E-state index contributed by atoms with van der Waals surface area (Å²) in [6.45, 7) is 8.93. The number of benzene rings is 1. The maximum Gasteiger partial charge on any atom is 0.337 e. The number of nitrogens with zero attached hydrogens (tertiary/aromatic N) is 1. The second kappa shape index (κ2) is 9.91. The first kappa shape index (κ1) is 21.6. The molecule has 0 spiro atoms. The van der Waals surface area contributed by atoms with Crippen molar-refractivity contribution in [1.29, 1.82) is 0 Å². The molecule has 0 heterocycles. The normalized spacial score (nSPS) is 11.2. The van der Waals surface area contributed by atoms with E-state index in [1.165, 1.54) is 7.11 Å². The Morgan fingerprint density at radius 2 is 1.62 bits per heavy atom. The van der Waals surface area contributed by atoms with Gasteiger partial charge < -0.3 is 15.4 Å². The summed E-state index contributed by atoms with van der Waals surface area (Å²) in [5.41, 5.74) is 1.04. The van der Waals surface area contributed by atoms with Gasteiger partial charge in [0.25, 0.3) is 0 Å². The molecule has 144 valence electrons. The van der Waals surface area contributed by atoms with Crippen LogP contribution in [0.4, 0.5) is 0 Å². The molecular formula is C19H29N3O4. The van der Waals surface area contributed by atoms with E-state index in [4.69, 9.17) is 0 Å². The van der Waals surface area contributed by atoms with Crippen LogP contribution >= 0.6 is 0 Å². The standard InChI is InChI=1S/C19H29N3O4/c1-6-22(13-17(24)21-19(2,3)4)12-16(23)20-11-14-7-9-15(10-8-14)18(25)26-5/h7-10H,6,11-13H2,1-5H3,(H,20,23)(H,21,24). The molecule has 0 radical (unpaired) electrons. The summed E-state index contributed by atoms with van der Waals surface area (Å²) < 4.78 is 4.65. The van der Waals surface area contributed by atoms with E-state index in [9.17, 15) is 14.4 Å². The molecule has 0 aromatic heterocycles. The zero-order valence-corrected chi connectivity index (χ0v) is 16.2. The Bertz CT molecular complexity index is 621. The van der Waals surface area contributed by atoms with Gasteiger partial charge in [0.15, 0.2) is 0 Å². The zero-order chi connectivity index (χ0) is 19.7. The lowest BCUT2D eigenvalue weighted by Crippen LogP contribution is -2.47. The van der Waals surface area contributed by atoms with Crippen molar-refractivity contribution < 1.29 is 19.1 Å². The van der Waals surface area contributed by atoms with Gasteiger partial charge in [-0.15, -0.1) is 0 Å². The SMILES string of the molecule is CCN(CC(=O)NCc1ccc(C(=O)OC)cc1)CC(=O)NC(C)(C)C. The van der Waals surface area contributed by atoms with E-state index in [0.29, 0.717) is 18.7 Å². The van der Waals surface area contributed by atoms with Crippen molar-refractivity contribution in [2.45, 2.75) is 39.8 Å². The summed E-state index contributed by atoms with van der Waals surface area (Å²) in [7, 11) is 1.33. The minimum Gasteiger partial charge on any atom is -0.465 e. The van der Waals surface area contributed by atoms with Crippen molar-refractivity contribution in [1.82, 2.24) is 15.5 Å². The molecule has 0 aliphatic rings. The molecule has 0 aliphatic heterocycles. The number of carbonyl (C=O) groups is 3. The van der Waals surface area contributed by atoms with E-state index < -0.39 is 5.97 Å². The Morgan fingerprint density at radius 3 is 2.12 bits per heavy atom. The summed E-state index contributed by atoms with van der Waals surface area (Å²) in [6.07, 6.45) is 0. The molecule has 26 heavy (non-hydrogen) atoms. The number of ether oxygens (including phenoxy) is 1. The summed E-state index contributed by atoms with van der Waals surface area (Å²) in [4.78, 5) is 37.3. The van der Waals surface area contributed by atoms with Crippen molar-refractivity contribution >= 4 is 17.8 Å². The zero-order valence-electron chi connectivity index (χ0n) is 16.2. The number of hydrogen-bond donors (Lipinski definition) is 2. The van der Waals surface area contributed by atoms with E-state index in [2.05, 4.69) is 15.4 Å². The quantitative estimate of drug-likeness (QED) is 0.680. The average Bonchev–Trinajstić information content (AvgIpc) is 2.57. The van der Waals surface area contributed by atoms with Crippen LogP contribution < -0.4 is 10.6 Å². The molecule has 0 saturated carbocycles. The molecule has 7 heteroatoms. The average molecular weight is 363 g/mol. The van der Waals surface area contributed by atoms with E-state index >= 15 is 0 Å². The van der Waals surface area contributed by atoms with E-state index in [-0.39, 0.29) is 30.4 Å². The number of carbonyl (C=O) groups excluding carboxylic acids is 3. The molecule has 1 aromatic carbocycles. The summed E-state index contributed by atoms with van der Waals surface area (Å²) in [5, 5.41) is 5.70. The van der Waals surface area contributed by atoms with E-state index in [0.717, 1.165) is 5.56 Å². The minimum atomic E-state index is -0.396. The van der Waals surface area contributed by atoms with Gasteiger partial charge in [-0.2, -0.15) is 0 Å². The summed E-state index contributed by atoms with van der Waals surface area (Å²) in [5.74, 6) is -0.661. The predicted octanol–water partition coefficient (Wildman–Crippen LogP) is 1.33. The number of methoxy groups -OCH3 is 1. The van der Waals surface area contributed by atoms with Crippen molar-refractivity contribution in [3.8, 4) is 0 Å². The Labute approximate surface area is 155 Å². The molecule has 0 saturated heterocycles. The van der Waals surface area contributed by atoms with Crippen molar-refractivity contribution in [3.63, 3.8) is 0 Å². The first-order chi connectivity index (χ1) is 12.1. The summed E-state index contributed by atoms with van der Waals surface area (Å²) in [6, 6.07) is 6.84. The third-order valence-corrected chi connectivity index (χ3v) is 3.56. The van der Waals surface area contributed by atoms with Crippen LogP contribution in [0.15, 0.2) is 24.3 Å². The second-order valence-corrected chi connectivity index (χ2v) is 7.07. The molecule has 2 N–H and O–H groups in total. The number of nitrogens with one attached hydrogen (secondary N) is 2.